The molecule has 9 heteroatoms. The zero-order valence-corrected chi connectivity index (χ0v) is 14.3. The van der Waals surface area contributed by atoms with Crippen LogP contribution in [-0.4, -0.2) is 62.2 Å². The van der Waals surface area contributed by atoms with Gasteiger partial charge in [-0.3, -0.25) is 4.79 Å². The smallest absolute Gasteiger partial charge is 0.246 e. The summed E-state index contributed by atoms with van der Waals surface area (Å²) in [5, 5.41) is 15.3. The number of hydrogen-bond donors (Lipinski definition) is 0. The third-order valence-electron chi connectivity index (χ3n) is 4.08. The molecular weight excluding hydrogens is 338 g/mol. The summed E-state index contributed by atoms with van der Waals surface area (Å²) in [6.45, 7) is 3.05. The van der Waals surface area contributed by atoms with Gasteiger partial charge in [-0.2, -0.15) is 4.80 Å². The van der Waals surface area contributed by atoms with Gasteiger partial charge >= 0.3 is 0 Å². The Balaban J connectivity index is 1.34. The van der Waals surface area contributed by atoms with Crippen molar-refractivity contribution < 1.29 is 4.79 Å². The van der Waals surface area contributed by atoms with Gasteiger partial charge in [-0.25, -0.2) is 4.98 Å². The van der Waals surface area contributed by atoms with Gasteiger partial charge in [0.1, 0.15) is 6.54 Å². The standard InChI is InChI=1S/C16H17N7OS/c24-14(21-7-9-22(10-8-21)16-17-6-11-25-16)12-23-19-15(18-20-23)13-4-2-1-3-5-13/h1-6,11H,7-10,12H2. The van der Waals surface area contributed by atoms with Crippen LogP contribution in [0.15, 0.2) is 41.9 Å². The van der Waals surface area contributed by atoms with Gasteiger partial charge in [0.15, 0.2) is 5.13 Å². The molecule has 1 aromatic carbocycles. The van der Waals surface area contributed by atoms with Crippen LogP contribution in [-0.2, 0) is 11.3 Å². The highest BCUT2D eigenvalue weighted by Gasteiger charge is 2.23. The first kappa shape index (κ1) is 15.7. The summed E-state index contributed by atoms with van der Waals surface area (Å²) < 4.78 is 0. The van der Waals surface area contributed by atoms with Crippen molar-refractivity contribution in [3.05, 3.63) is 41.9 Å². The van der Waals surface area contributed by atoms with Gasteiger partial charge in [-0.05, 0) is 5.21 Å². The monoisotopic (exact) mass is 355 g/mol. The van der Waals surface area contributed by atoms with Gasteiger partial charge in [0.2, 0.25) is 11.7 Å². The highest BCUT2D eigenvalue weighted by atomic mass is 32.1. The van der Waals surface area contributed by atoms with E-state index in [1.54, 1.807) is 17.5 Å². The number of hydrogen-bond acceptors (Lipinski definition) is 7. The molecule has 2 aromatic heterocycles. The number of benzene rings is 1. The molecule has 1 amide bonds. The minimum absolute atomic E-state index is 0.0100. The van der Waals surface area contributed by atoms with Gasteiger partial charge < -0.3 is 9.80 Å². The van der Waals surface area contributed by atoms with Crippen LogP contribution >= 0.6 is 11.3 Å². The summed E-state index contributed by atoms with van der Waals surface area (Å²) in [6, 6.07) is 9.61. The average molecular weight is 355 g/mol. The van der Waals surface area contributed by atoms with Crippen molar-refractivity contribution >= 4 is 22.4 Å². The number of carbonyl (C=O) groups is 1. The molecule has 0 bridgehead atoms. The molecule has 3 heterocycles. The molecule has 1 aliphatic heterocycles. The SMILES string of the molecule is O=C(Cn1nnc(-c2ccccc2)n1)N1CCN(c2nccs2)CC1. The lowest BCUT2D eigenvalue weighted by molar-refractivity contribution is -0.132. The lowest BCUT2D eigenvalue weighted by atomic mass is 10.2. The number of amides is 1. The molecule has 128 valence electrons. The first-order valence-electron chi connectivity index (χ1n) is 8.05. The van der Waals surface area contributed by atoms with Crippen LogP contribution in [0.3, 0.4) is 0 Å². The molecule has 1 saturated heterocycles. The molecule has 4 rings (SSSR count). The number of anilines is 1. The third kappa shape index (κ3) is 3.50. The topological polar surface area (TPSA) is 80.0 Å². The number of nitrogens with zero attached hydrogens (tertiary/aromatic N) is 7. The average Bonchev–Trinajstić information content (AvgIpc) is 3.35. The van der Waals surface area contributed by atoms with E-state index in [0.29, 0.717) is 18.9 Å². The predicted octanol–water partition coefficient (Wildman–Crippen LogP) is 1.15. The lowest BCUT2D eigenvalue weighted by Gasteiger charge is -2.34. The summed E-state index contributed by atoms with van der Waals surface area (Å²) in [4.78, 5) is 22.2. The van der Waals surface area contributed by atoms with Crippen molar-refractivity contribution in [2.45, 2.75) is 6.54 Å². The number of rotatable bonds is 4. The highest BCUT2D eigenvalue weighted by molar-refractivity contribution is 7.13. The Morgan fingerprint density at radius 3 is 2.64 bits per heavy atom. The maximum atomic E-state index is 12.5. The fourth-order valence-corrected chi connectivity index (χ4v) is 3.45. The molecule has 0 radical (unpaired) electrons. The Bertz CT molecular complexity index is 825. The van der Waals surface area contributed by atoms with E-state index in [1.165, 1.54) is 4.80 Å². The fraction of sp³-hybridized carbons (Fsp3) is 0.312. The van der Waals surface area contributed by atoms with E-state index in [2.05, 4.69) is 25.3 Å². The molecule has 25 heavy (non-hydrogen) atoms. The van der Waals surface area contributed by atoms with E-state index in [0.717, 1.165) is 23.8 Å². The van der Waals surface area contributed by atoms with E-state index in [9.17, 15) is 4.79 Å². The van der Waals surface area contributed by atoms with Crippen LogP contribution in [0.2, 0.25) is 0 Å². The van der Waals surface area contributed by atoms with Gasteiger partial charge in [-0.1, -0.05) is 30.3 Å². The molecule has 0 unspecified atom stereocenters. The van der Waals surface area contributed by atoms with Gasteiger partial charge in [0, 0.05) is 43.3 Å². The van der Waals surface area contributed by atoms with Crippen molar-refractivity contribution in [3.8, 4) is 11.4 Å². The Kier molecular flexibility index (Phi) is 4.38. The van der Waals surface area contributed by atoms with E-state index in [4.69, 9.17) is 0 Å². The summed E-state index contributed by atoms with van der Waals surface area (Å²) in [5.74, 6) is 0.540. The zero-order valence-electron chi connectivity index (χ0n) is 13.5. The molecule has 3 aromatic rings. The second-order valence-electron chi connectivity index (χ2n) is 5.69. The van der Waals surface area contributed by atoms with Crippen LogP contribution in [0, 0.1) is 0 Å². The second-order valence-corrected chi connectivity index (χ2v) is 6.57. The molecule has 8 nitrogen and oxygen atoms in total. The first-order valence-corrected chi connectivity index (χ1v) is 8.93. The van der Waals surface area contributed by atoms with E-state index in [-0.39, 0.29) is 12.5 Å². The maximum absolute atomic E-state index is 12.5. The molecule has 0 spiro atoms. The van der Waals surface area contributed by atoms with Crippen LogP contribution in [0.25, 0.3) is 11.4 Å². The molecular formula is C16H17N7OS. The number of carbonyl (C=O) groups excluding carboxylic acids is 1. The highest BCUT2D eigenvalue weighted by Crippen LogP contribution is 2.19. The summed E-state index contributed by atoms with van der Waals surface area (Å²) in [7, 11) is 0. The van der Waals surface area contributed by atoms with Crippen molar-refractivity contribution in [2.75, 3.05) is 31.1 Å². The van der Waals surface area contributed by atoms with E-state index < -0.39 is 0 Å². The maximum Gasteiger partial charge on any atom is 0.246 e. The lowest BCUT2D eigenvalue weighted by Crippen LogP contribution is -2.49. The Hall–Kier alpha value is -2.81. The molecule has 0 aliphatic carbocycles. The molecule has 1 aliphatic rings. The largest absolute Gasteiger partial charge is 0.345 e. The van der Waals surface area contributed by atoms with Gasteiger partial charge in [-0.15, -0.1) is 21.5 Å². The minimum atomic E-state index is 0.0100. The van der Waals surface area contributed by atoms with Crippen molar-refractivity contribution in [1.29, 1.82) is 0 Å². The minimum Gasteiger partial charge on any atom is -0.345 e. The summed E-state index contributed by atoms with van der Waals surface area (Å²) in [5.41, 5.74) is 0.887. The van der Waals surface area contributed by atoms with Crippen LogP contribution in [0.5, 0.6) is 0 Å². The van der Waals surface area contributed by atoms with Crippen molar-refractivity contribution in [1.82, 2.24) is 30.1 Å². The fourth-order valence-electron chi connectivity index (χ4n) is 2.75. The summed E-state index contributed by atoms with van der Waals surface area (Å²) >= 11 is 1.62. The molecule has 0 saturated carbocycles. The Labute approximate surface area is 148 Å². The number of piperazine rings is 1. The number of tetrazole rings is 1. The van der Waals surface area contributed by atoms with Crippen molar-refractivity contribution in [3.63, 3.8) is 0 Å². The van der Waals surface area contributed by atoms with E-state index in [1.807, 2.05) is 40.6 Å². The normalized spacial score (nSPS) is 14.7. The van der Waals surface area contributed by atoms with Crippen molar-refractivity contribution in [2.24, 2.45) is 0 Å². The van der Waals surface area contributed by atoms with Crippen LogP contribution in [0.1, 0.15) is 0 Å². The molecule has 1 fully saturated rings. The molecule has 0 N–H and O–H groups in total. The van der Waals surface area contributed by atoms with Crippen LogP contribution in [0.4, 0.5) is 5.13 Å². The van der Waals surface area contributed by atoms with Crippen LogP contribution < -0.4 is 4.90 Å². The Morgan fingerprint density at radius 2 is 1.92 bits per heavy atom. The first-order chi connectivity index (χ1) is 12.3. The predicted molar refractivity (Wildman–Crippen MR) is 94.2 cm³/mol. The van der Waals surface area contributed by atoms with E-state index >= 15 is 0 Å². The quantitative estimate of drug-likeness (QED) is 0.698. The van der Waals surface area contributed by atoms with Gasteiger partial charge in [0.05, 0.1) is 0 Å². The number of aromatic nitrogens is 5. The second kappa shape index (κ2) is 6.98. The Morgan fingerprint density at radius 1 is 1.12 bits per heavy atom. The third-order valence-corrected chi connectivity index (χ3v) is 4.92. The molecule has 0 atom stereocenters. The summed E-state index contributed by atoms with van der Waals surface area (Å²) in [6.07, 6.45) is 1.80. The number of thiazole rings is 1. The zero-order chi connectivity index (χ0) is 17.1. The van der Waals surface area contributed by atoms with Gasteiger partial charge in [0.25, 0.3) is 0 Å².